The predicted octanol–water partition coefficient (Wildman–Crippen LogP) is 2.69. The Hall–Kier alpha value is -3.23. The van der Waals surface area contributed by atoms with Crippen LogP contribution in [0.25, 0.3) is 0 Å². The Morgan fingerprint density at radius 1 is 1.03 bits per heavy atom. The highest BCUT2D eigenvalue weighted by molar-refractivity contribution is 5.91. The molecule has 1 N–H and O–H groups in total. The first-order valence-corrected chi connectivity index (χ1v) is 10.2. The van der Waals surface area contributed by atoms with Crippen molar-refractivity contribution < 1.29 is 14.3 Å². The van der Waals surface area contributed by atoms with E-state index in [1.165, 1.54) is 0 Å². The van der Waals surface area contributed by atoms with Gasteiger partial charge in [0.15, 0.2) is 23.1 Å². The number of nitrogens with zero attached hydrogens (tertiary/aromatic N) is 5. The van der Waals surface area contributed by atoms with Crippen LogP contribution in [0, 0.1) is 0 Å². The van der Waals surface area contributed by atoms with Gasteiger partial charge in [-0.2, -0.15) is 0 Å². The van der Waals surface area contributed by atoms with E-state index < -0.39 is 0 Å². The third-order valence-electron chi connectivity index (χ3n) is 5.26. The minimum Gasteiger partial charge on any atom is -0.493 e. The topological polar surface area (TPSA) is 83.1 Å². The minimum absolute atomic E-state index is 0.163. The highest BCUT2D eigenvalue weighted by Gasteiger charge is 2.23. The molecule has 1 aliphatic heterocycles. The third kappa shape index (κ3) is 4.67. The first-order chi connectivity index (χ1) is 14.6. The fourth-order valence-electron chi connectivity index (χ4n) is 3.52. The van der Waals surface area contributed by atoms with Crippen LogP contribution in [0.4, 0.5) is 22.1 Å². The van der Waals surface area contributed by atoms with Gasteiger partial charge in [0.25, 0.3) is 0 Å². The van der Waals surface area contributed by atoms with Gasteiger partial charge in [0, 0.05) is 39.3 Å². The lowest BCUT2D eigenvalue weighted by molar-refractivity contribution is 0.208. The molecular weight excluding hydrogens is 384 g/mol. The highest BCUT2D eigenvalue weighted by Crippen LogP contribution is 2.34. The van der Waals surface area contributed by atoms with Crippen molar-refractivity contribution in [3.63, 3.8) is 0 Å². The number of aromatic nitrogens is 2. The molecule has 0 saturated carbocycles. The summed E-state index contributed by atoms with van der Waals surface area (Å²) in [6, 6.07) is 9.24. The Morgan fingerprint density at radius 3 is 2.33 bits per heavy atom. The van der Waals surface area contributed by atoms with Crippen LogP contribution in [0.1, 0.15) is 13.8 Å². The molecule has 0 spiro atoms. The van der Waals surface area contributed by atoms with Crippen LogP contribution in [-0.4, -0.2) is 74.6 Å². The molecule has 2 amide bonds. The quantitative estimate of drug-likeness (QED) is 0.746. The number of carbonyl (C=O) groups excluding carboxylic acids is 1. The summed E-state index contributed by atoms with van der Waals surface area (Å²) in [7, 11) is 3.12. The number of amides is 2. The number of carbonyl (C=O) groups is 1. The van der Waals surface area contributed by atoms with Gasteiger partial charge in [0.1, 0.15) is 0 Å². The second kappa shape index (κ2) is 10.00. The molecule has 9 heteroatoms. The van der Waals surface area contributed by atoms with Gasteiger partial charge in [-0.25, -0.2) is 4.79 Å². The number of nitrogens with one attached hydrogen (secondary N) is 1. The Labute approximate surface area is 177 Å². The lowest BCUT2D eigenvalue weighted by Crippen LogP contribution is -2.50. The van der Waals surface area contributed by atoms with Crippen molar-refractivity contribution in [2.24, 2.45) is 0 Å². The second-order valence-electron chi connectivity index (χ2n) is 6.87. The number of hydrogen-bond acceptors (Lipinski definition) is 7. The van der Waals surface area contributed by atoms with Gasteiger partial charge in [0.2, 0.25) is 0 Å². The number of ether oxygens (including phenoxy) is 2. The van der Waals surface area contributed by atoms with Crippen molar-refractivity contribution in [1.82, 2.24) is 15.1 Å². The van der Waals surface area contributed by atoms with E-state index in [0.717, 1.165) is 24.7 Å². The monoisotopic (exact) mass is 414 g/mol. The molecule has 1 aliphatic rings. The fraction of sp³-hybridized carbons (Fsp3) is 0.476. The molecular formula is C21H30N6O3. The first kappa shape index (κ1) is 21.5. The van der Waals surface area contributed by atoms with Crippen molar-refractivity contribution >= 4 is 23.4 Å². The van der Waals surface area contributed by atoms with Gasteiger partial charge in [-0.05, 0) is 38.1 Å². The van der Waals surface area contributed by atoms with Gasteiger partial charge < -0.3 is 29.5 Å². The Morgan fingerprint density at radius 2 is 1.77 bits per heavy atom. The van der Waals surface area contributed by atoms with Gasteiger partial charge in [0.05, 0.1) is 19.9 Å². The second-order valence-corrected chi connectivity index (χ2v) is 6.87. The molecule has 1 aromatic heterocycles. The number of hydrogen-bond donors (Lipinski definition) is 1. The molecule has 0 unspecified atom stereocenters. The molecule has 2 aromatic rings. The Bertz CT molecular complexity index is 833. The summed E-state index contributed by atoms with van der Waals surface area (Å²) in [5, 5.41) is 11.7. The Kier molecular flexibility index (Phi) is 7.16. The zero-order valence-electron chi connectivity index (χ0n) is 18.1. The van der Waals surface area contributed by atoms with E-state index in [2.05, 4.69) is 39.2 Å². The predicted molar refractivity (Wildman–Crippen MR) is 118 cm³/mol. The molecule has 1 fully saturated rings. The van der Waals surface area contributed by atoms with Crippen LogP contribution in [0.15, 0.2) is 30.3 Å². The van der Waals surface area contributed by atoms with Crippen molar-refractivity contribution in [2.45, 2.75) is 13.8 Å². The third-order valence-corrected chi connectivity index (χ3v) is 5.26. The van der Waals surface area contributed by atoms with Gasteiger partial charge in [-0.3, -0.25) is 0 Å². The molecule has 162 valence electrons. The normalized spacial score (nSPS) is 13.7. The van der Waals surface area contributed by atoms with Crippen molar-refractivity contribution in [3.8, 4) is 11.5 Å². The van der Waals surface area contributed by atoms with E-state index in [9.17, 15) is 4.79 Å². The fourth-order valence-corrected chi connectivity index (χ4v) is 3.52. The summed E-state index contributed by atoms with van der Waals surface area (Å²) in [5.74, 6) is 2.80. The summed E-state index contributed by atoms with van der Waals surface area (Å²) < 4.78 is 10.7. The summed E-state index contributed by atoms with van der Waals surface area (Å²) in [5.41, 5.74) is 0.585. The average molecular weight is 415 g/mol. The minimum atomic E-state index is -0.163. The smallest absolute Gasteiger partial charge is 0.322 e. The van der Waals surface area contributed by atoms with Crippen LogP contribution < -0.4 is 24.6 Å². The summed E-state index contributed by atoms with van der Waals surface area (Å²) in [4.78, 5) is 18.8. The highest BCUT2D eigenvalue weighted by atomic mass is 16.5. The van der Waals surface area contributed by atoms with Crippen molar-refractivity contribution in [2.75, 3.05) is 68.6 Å². The van der Waals surface area contributed by atoms with Gasteiger partial charge >= 0.3 is 6.03 Å². The zero-order chi connectivity index (χ0) is 21.5. The van der Waals surface area contributed by atoms with E-state index >= 15 is 0 Å². The molecule has 0 radical (unpaired) electrons. The summed E-state index contributed by atoms with van der Waals surface area (Å²) >= 11 is 0. The number of para-hydroxylation sites is 1. The summed E-state index contributed by atoms with van der Waals surface area (Å²) in [6.07, 6.45) is 0. The molecule has 3 rings (SSSR count). The summed E-state index contributed by atoms with van der Waals surface area (Å²) in [6.45, 7) is 8.58. The molecule has 0 aliphatic carbocycles. The van der Waals surface area contributed by atoms with E-state index in [1.807, 2.05) is 18.2 Å². The van der Waals surface area contributed by atoms with E-state index in [4.69, 9.17) is 9.47 Å². The first-order valence-electron chi connectivity index (χ1n) is 10.2. The number of rotatable bonds is 7. The maximum atomic E-state index is 12.7. The van der Waals surface area contributed by atoms with Gasteiger partial charge in [-0.1, -0.05) is 6.07 Å². The molecule has 9 nitrogen and oxygen atoms in total. The standard InChI is InChI=1S/C21H30N6O3/c1-5-25(6-2)18-10-11-19(24-23-18)26-12-14-27(15-13-26)21(28)22-16-8-7-9-17(29-3)20(16)30-4/h7-11H,5-6,12-15H2,1-4H3,(H,22,28). The van der Waals surface area contributed by atoms with Crippen LogP contribution in [0.3, 0.4) is 0 Å². The molecule has 30 heavy (non-hydrogen) atoms. The molecule has 1 aromatic carbocycles. The lowest BCUT2D eigenvalue weighted by atomic mass is 10.2. The number of benzene rings is 1. The van der Waals surface area contributed by atoms with Crippen molar-refractivity contribution in [3.05, 3.63) is 30.3 Å². The average Bonchev–Trinajstić information content (AvgIpc) is 2.80. The van der Waals surface area contributed by atoms with Crippen molar-refractivity contribution in [1.29, 1.82) is 0 Å². The van der Waals surface area contributed by atoms with Crippen LogP contribution in [-0.2, 0) is 0 Å². The van der Waals surface area contributed by atoms with Gasteiger partial charge in [-0.15, -0.1) is 10.2 Å². The molecule has 2 heterocycles. The number of methoxy groups -OCH3 is 2. The number of urea groups is 1. The van der Waals surface area contributed by atoms with Crippen LogP contribution in [0.5, 0.6) is 11.5 Å². The maximum Gasteiger partial charge on any atom is 0.322 e. The van der Waals surface area contributed by atoms with E-state index in [1.54, 1.807) is 31.3 Å². The SMILES string of the molecule is CCN(CC)c1ccc(N2CCN(C(=O)Nc3cccc(OC)c3OC)CC2)nn1. The zero-order valence-corrected chi connectivity index (χ0v) is 18.1. The number of piperazine rings is 1. The van der Waals surface area contributed by atoms with E-state index in [0.29, 0.717) is 43.4 Å². The van der Waals surface area contributed by atoms with Crippen LogP contribution in [0.2, 0.25) is 0 Å². The Balaban J connectivity index is 1.58. The number of anilines is 3. The van der Waals surface area contributed by atoms with E-state index in [-0.39, 0.29) is 6.03 Å². The molecule has 0 atom stereocenters. The molecule has 1 saturated heterocycles. The maximum absolute atomic E-state index is 12.7. The molecule has 0 bridgehead atoms. The lowest BCUT2D eigenvalue weighted by Gasteiger charge is -2.35. The largest absolute Gasteiger partial charge is 0.493 e. The van der Waals surface area contributed by atoms with Crippen LogP contribution >= 0.6 is 0 Å².